The quantitative estimate of drug-likeness (QED) is 0.825. The molecule has 1 aromatic rings. The first-order valence-corrected chi connectivity index (χ1v) is 5.69. The number of carbonyl (C=O) groups excluding carboxylic acids is 1. The van der Waals surface area contributed by atoms with Gasteiger partial charge in [0, 0.05) is 27.7 Å². The number of rotatable bonds is 3. The molecule has 1 amide bonds. The highest BCUT2D eigenvalue weighted by Crippen LogP contribution is 2.25. The van der Waals surface area contributed by atoms with Crippen molar-refractivity contribution in [3.8, 4) is 0 Å². The zero-order valence-corrected chi connectivity index (χ0v) is 10.6. The lowest BCUT2D eigenvalue weighted by Crippen LogP contribution is -2.28. The molecule has 0 aliphatic carbocycles. The van der Waals surface area contributed by atoms with Crippen molar-refractivity contribution in [3.63, 3.8) is 0 Å². The smallest absolute Gasteiger partial charge is 0.244 e. The minimum atomic E-state index is -0.161. The van der Waals surface area contributed by atoms with Crippen molar-refractivity contribution in [2.24, 2.45) is 0 Å². The molecule has 0 fully saturated rings. The summed E-state index contributed by atoms with van der Waals surface area (Å²) in [5, 5.41) is 3.80. The summed E-state index contributed by atoms with van der Waals surface area (Å²) in [4.78, 5) is 11.4. The molecule has 0 aliphatic rings. The highest BCUT2D eigenvalue weighted by molar-refractivity contribution is 6.37. The first kappa shape index (κ1) is 13.1. The average Bonchev–Trinajstić information content (AvgIpc) is 2.15. The molecule has 0 aliphatic heterocycles. The fraction of sp³-hybridized carbons (Fsp3) is 0.250. The van der Waals surface area contributed by atoms with Crippen LogP contribution in [-0.2, 0) is 4.79 Å². The molecule has 0 spiro atoms. The van der Waals surface area contributed by atoms with Crippen molar-refractivity contribution in [2.45, 2.75) is 19.9 Å². The Balaban J connectivity index is 2.80. The molecule has 4 heteroatoms. The molecule has 0 unspecified atom stereocenters. The van der Waals surface area contributed by atoms with Gasteiger partial charge in [0.1, 0.15) is 0 Å². The topological polar surface area (TPSA) is 29.1 Å². The van der Waals surface area contributed by atoms with Gasteiger partial charge in [0.15, 0.2) is 0 Å². The Morgan fingerprint density at radius 3 is 2.38 bits per heavy atom. The van der Waals surface area contributed by atoms with Crippen LogP contribution in [0.1, 0.15) is 19.4 Å². The third kappa shape index (κ3) is 3.87. The Hall–Kier alpha value is -0.990. The van der Waals surface area contributed by atoms with E-state index >= 15 is 0 Å². The SMILES string of the molecule is CC(C)NC(=O)C=Cc1c(Cl)cccc1Cl. The van der Waals surface area contributed by atoms with Gasteiger partial charge in [-0.25, -0.2) is 0 Å². The number of amides is 1. The van der Waals surface area contributed by atoms with E-state index in [-0.39, 0.29) is 11.9 Å². The maximum absolute atomic E-state index is 11.4. The Morgan fingerprint density at radius 2 is 1.88 bits per heavy atom. The third-order valence-corrected chi connectivity index (χ3v) is 2.49. The van der Waals surface area contributed by atoms with Gasteiger partial charge in [-0.15, -0.1) is 0 Å². The van der Waals surface area contributed by atoms with Gasteiger partial charge in [0.05, 0.1) is 0 Å². The molecule has 0 heterocycles. The first-order chi connectivity index (χ1) is 7.50. The molecule has 0 saturated heterocycles. The van der Waals surface area contributed by atoms with Gasteiger partial charge in [-0.1, -0.05) is 29.3 Å². The maximum atomic E-state index is 11.4. The number of hydrogen-bond acceptors (Lipinski definition) is 1. The molecule has 1 N–H and O–H groups in total. The molecule has 1 aromatic carbocycles. The van der Waals surface area contributed by atoms with Crippen molar-refractivity contribution in [3.05, 3.63) is 39.9 Å². The lowest BCUT2D eigenvalue weighted by Gasteiger charge is -2.05. The van der Waals surface area contributed by atoms with Gasteiger partial charge in [-0.2, -0.15) is 0 Å². The molecule has 0 saturated carbocycles. The molecule has 0 bridgehead atoms. The fourth-order valence-corrected chi connectivity index (χ4v) is 1.69. The number of benzene rings is 1. The molecule has 0 aromatic heterocycles. The summed E-state index contributed by atoms with van der Waals surface area (Å²) < 4.78 is 0. The van der Waals surface area contributed by atoms with Gasteiger partial charge < -0.3 is 5.32 Å². The van der Waals surface area contributed by atoms with Crippen LogP contribution in [0, 0.1) is 0 Å². The molecule has 2 nitrogen and oxygen atoms in total. The standard InChI is InChI=1S/C12H13Cl2NO/c1-8(2)15-12(16)7-6-9-10(13)4-3-5-11(9)14/h3-8H,1-2H3,(H,15,16). The Morgan fingerprint density at radius 1 is 1.31 bits per heavy atom. The number of carbonyl (C=O) groups is 1. The lowest BCUT2D eigenvalue weighted by atomic mass is 10.2. The number of nitrogens with one attached hydrogen (secondary N) is 1. The van der Waals surface area contributed by atoms with E-state index in [1.54, 1.807) is 24.3 Å². The van der Waals surface area contributed by atoms with Crippen LogP contribution in [0.15, 0.2) is 24.3 Å². The van der Waals surface area contributed by atoms with Crippen molar-refractivity contribution in [1.29, 1.82) is 0 Å². The van der Waals surface area contributed by atoms with Crippen LogP contribution in [0.4, 0.5) is 0 Å². The van der Waals surface area contributed by atoms with E-state index in [0.29, 0.717) is 15.6 Å². The zero-order chi connectivity index (χ0) is 12.1. The van der Waals surface area contributed by atoms with Crippen molar-refractivity contribution >= 4 is 35.2 Å². The molecular weight excluding hydrogens is 245 g/mol. The van der Waals surface area contributed by atoms with E-state index in [0.717, 1.165) is 0 Å². The Labute approximate surface area is 105 Å². The van der Waals surface area contributed by atoms with Gasteiger partial charge >= 0.3 is 0 Å². The van der Waals surface area contributed by atoms with Crippen molar-refractivity contribution in [1.82, 2.24) is 5.32 Å². The van der Waals surface area contributed by atoms with Gasteiger partial charge in [0.25, 0.3) is 0 Å². The van der Waals surface area contributed by atoms with Crippen LogP contribution in [0.3, 0.4) is 0 Å². The number of hydrogen-bond donors (Lipinski definition) is 1. The van der Waals surface area contributed by atoms with E-state index in [1.165, 1.54) is 6.08 Å². The van der Waals surface area contributed by atoms with Crippen LogP contribution in [0.2, 0.25) is 10.0 Å². The second-order valence-electron chi connectivity index (χ2n) is 3.63. The van der Waals surface area contributed by atoms with Gasteiger partial charge in [-0.05, 0) is 32.1 Å². The Bertz CT molecular complexity index is 393. The molecular formula is C12H13Cl2NO. The molecule has 86 valence electrons. The highest BCUT2D eigenvalue weighted by Gasteiger charge is 2.03. The summed E-state index contributed by atoms with van der Waals surface area (Å²) in [7, 11) is 0. The van der Waals surface area contributed by atoms with Crippen LogP contribution < -0.4 is 5.32 Å². The maximum Gasteiger partial charge on any atom is 0.244 e. The van der Waals surface area contributed by atoms with E-state index in [2.05, 4.69) is 5.32 Å². The lowest BCUT2D eigenvalue weighted by molar-refractivity contribution is -0.116. The van der Waals surface area contributed by atoms with Crippen molar-refractivity contribution in [2.75, 3.05) is 0 Å². The predicted molar refractivity (Wildman–Crippen MR) is 68.8 cm³/mol. The molecule has 1 rings (SSSR count). The summed E-state index contributed by atoms with van der Waals surface area (Å²) in [6, 6.07) is 5.33. The van der Waals surface area contributed by atoms with Crippen LogP contribution in [0.25, 0.3) is 6.08 Å². The predicted octanol–water partition coefficient (Wildman–Crippen LogP) is 3.53. The summed E-state index contributed by atoms with van der Waals surface area (Å²) >= 11 is 11.9. The van der Waals surface area contributed by atoms with Crippen molar-refractivity contribution < 1.29 is 4.79 Å². The normalized spacial score (nSPS) is 11.1. The monoisotopic (exact) mass is 257 g/mol. The molecule has 0 radical (unpaired) electrons. The molecule has 16 heavy (non-hydrogen) atoms. The minimum Gasteiger partial charge on any atom is -0.350 e. The van der Waals surface area contributed by atoms with E-state index < -0.39 is 0 Å². The second-order valence-corrected chi connectivity index (χ2v) is 4.45. The summed E-state index contributed by atoms with van der Waals surface area (Å²) in [6.45, 7) is 3.79. The van der Waals surface area contributed by atoms with E-state index in [1.807, 2.05) is 13.8 Å². The largest absolute Gasteiger partial charge is 0.350 e. The summed E-state index contributed by atoms with van der Waals surface area (Å²) in [6.07, 6.45) is 3.04. The number of halogens is 2. The van der Waals surface area contributed by atoms with Gasteiger partial charge in [-0.3, -0.25) is 4.79 Å². The Kier molecular flexibility index (Phi) is 4.84. The van der Waals surface area contributed by atoms with Crippen LogP contribution in [0.5, 0.6) is 0 Å². The van der Waals surface area contributed by atoms with Gasteiger partial charge in [0.2, 0.25) is 5.91 Å². The third-order valence-electron chi connectivity index (χ3n) is 1.83. The second kappa shape index (κ2) is 5.92. The highest BCUT2D eigenvalue weighted by atomic mass is 35.5. The summed E-state index contributed by atoms with van der Waals surface area (Å²) in [5.74, 6) is -0.161. The van der Waals surface area contributed by atoms with Crippen LogP contribution in [-0.4, -0.2) is 11.9 Å². The first-order valence-electron chi connectivity index (χ1n) is 4.93. The fourth-order valence-electron chi connectivity index (χ4n) is 1.16. The van der Waals surface area contributed by atoms with Crippen LogP contribution >= 0.6 is 23.2 Å². The van der Waals surface area contributed by atoms with E-state index in [9.17, 15) is 4.79 Å². The minimum absolute atomic E-state index is 0.110. The zero-order valence-electron chi connectivity index (χ0n) is 9.13. The average molecular weight is 258 g/mol. The summed E-state index contributed by atoms with van der Waals surface area (Å²) in [5.41, 5.74) is 0.657. The van der Waals surface area contributed by atoms with E-state index in [4.69, 9.17) is 23.2 Å². The molecule has 0 atom stereocenters.